The van der Waals surface area contributed by atoms with Crippen molar-refractivity contribution in [1.29, 1.82) is 0 Å². The second-order valence-electron chi connectivity index (χ2n) is 1.78. The molecule has 0 amide bonds. The fraction of sp³-hybridized carbons (Fsp3) is 0.667. The molecular weight excluding hydrogens is 151 g/mol. The van der Waals surface area contributed by atoms with Gasteiger partial charge in [-0.05, 0) is 6.42 Å². The summed E-state index contributed by atoms with van der Waals surface area (Å²) >= 11 is 0. The maximum absolute atomic E-state index is 11.2. The predicted molar refractivity (Wildman–Crippen MR) is 41.3 cm³/mol. The molecule has 0 N–H and O–H groups in total. The molecule has 0 fully saturated rings. The van der Waals surface area contributed by atoms with Gasteiger partial charge >= 0.3 is 7.60 Å². The standard InChI is InChI=1S/C6H13O3P/c1-4-5-6-10(7,8-2)9-3/h4H,1,5-6H2,2-3H3. The summed E-state index contributed by atoms with van der Waals surface area (Å²) in [6, 6.07) is 0. The molecular formula is C6H13O3P. The van der Waals surface area contributed by atoms with E-state index in [4.69, 9.17) is 0 Å². The van der Waals surface area contributed by atoms with Crippen LogP contribution in [0, 0.1) is 0 Å². The van der Waals surface area contributed by atoms with Crippen LogP contribution in [0.2, 0.25) is 0 Å². The molecule has 0 atom stereocenters. The third-order valence-corrected chi connectivity index (χ3v) is 3.08. The second kappa shape index (κ2) is 4.67. The molecule has 10 heavy (non-hydrogen) atoms. The Morgan fingerprint density at radius 2 is 2.00 bits per heavy atom. The molecule has 0 unspecified atom stereocenters. The molecule has 4 heteroatoms. The van der Waals surface area contributed by atoms with Gasteiger partial charge in [0, 0.05) is 14.2 Å². The zero-order valence-electron chi connectivity index (χ0n) is 6.37. The Labute approximate surface area is 61.6 Å². The van der Waals surface area contributed by atoms with Gasteiger partial charge in [0.05, 0.1) is 6.16 Å². The lowest BCUT2D eigenvalue weighted by atomic mass is 10.5. The van der Waals surface area contributed by atoms with Crippen molar-refractivity contribution in [3.63, 3.8) is 0 Å². The minimum atomic E-state index is -2.77. The second-order valence-corrected chi connectivity index (χ2v) is 4.18. The normalized spacial score (nSPS) is 11.4. The third-order valence-electron chi connectivity index (χ3n) is 1.16. The minimum absolute atomic E-state index is 0.406. The van der Waals surface area contributed by atoms with Crippen LogP contribution in [0.4, 0.5) is 0 Å². The SMILES string of the molecule is C=CCCP(=O)(OC)OC. The first-order chi connectivity index (χ1) is 4.68. The van der Waals surface area contributed by atoms with Crippen molar-refractivity contribution >= 4 is 7.60 Å². The highest BCUT2D eigenvalue weighted by Crippen LogP contribution is 2.46. The van der Waals surface area contributed by atoms with Crippen molar-refractivity contribution in [3.8, 4) is 0 Å². The first-order valence-corrected chi connectivity index (χ1v) is 4.72. The van der Waals surface area contributed by atoms with Gasteiger partial charge in [-0.1, -0.05) is 6.08 Å². The number of hydrogen-bond donors (Lipinski definition) is 0. The molecule has 3 nitrogen and oxygen atoms in total. The van der Waals surface area contributed by atoms with Crippen molar-refractivity contribution in [2.24, 2.45) is 0 Å². The monoisotopic (exact) mass is 164 g/mol. The average Bonchev–Trinajstić information content (AvgIpc) is 2.00. The molecule has 0 saturated carbocycles. The largest absolute Gasteiger partial charge is 0.330 e. The van der Waals surface area contributed by atoms with E-state index in [9.17, 15) is 4.57 Å². The van der Waals surface area contributed by atoms with Crippen LogP contribution in [-0.4, -0.2) is 20.4 Å². The topological polar surface area (TPSA) is 35.5 Å². The zero-order chi connectivity index (χ0) is 8.04. The summed E-state index contributed by atoms with van der Waals surface area (Å²) in [5.41, 5.74) is 0. The quantitative estimate of drug-likeness (QED) is 0.460. The predicted octanol–water partition coefficient (Wildman–Crippen LogP) is 2.05. The summed E-state index contributed by atoms with van der Waals surface area (Å²) in [7, 11) is -0.00430. The minimum Gasteiger partial charge on any atom is -0.312 e. The van der Waals surface area contributed by atoms with Crippen LogP contribution in [0.5, 0.6) is 0 Å². The van der Waals surface area contributed by atoms with E-state index in [1.807, 2.05) is 0 Å². The van der Waals surface area contributed by atoms with Crippen LogP contribution < -0.4 is 0 Å². The molecule has 60 valence electrons. The highest BCUT2D eigenvalue weighted by molar-refractivity contribution is 7.53. The van der Waals surface area contributed by atoms with Crippen LogP contribution in [0.15, 0.2) is 12.7 Å². The van der Waals surface area contributed by atoms with Gasteiger partial charge in [-0.3, -0.25) is 4.57 Å². The summed E-state index contributed by atoms with van der Waals surface area (Å²) in [5, 5.41) is 0. The van der Waals surface area contributed by atoms with Gasteiger partial charge in [0.25, 0.3) is 0 Å². The van der Waals surface area contributed by atoms with Gasteiger partial charge in [-0.2, -0.15) is 0 Å². The molecule has 0 aliphatic heterocycles. The van der Waals surface area contributed by atoms with Gasteiger partial charge in [0.15, 0.2) is 0 Å². The Morgan fingerprint density at radius 1 is 1.50 bits per heavy atom. The van der Waals surface area contributed by atoms with Gasteiger partial charge in [0.2, 0.25) is 0 Å². The summed E-state index contributed by atoms with van der Waals surface area (Å²) in [6.45, 7) is 3.50. The van der Waals surface area contributed by atoms with Crippen molar-refractivity contribution in [2.75, 3.05) is 20.4 Å². The number of rotatable bonds is 5. The van der Waals surface area contributed by atoms with E-state index >= 15 is 0 Å². The average molecular weight is 164 g/mol. The highest BCUT2D eigenvalue weighted by Gasteiger charge is 2.18. The van der Waals surface area contributed by atoms with Crippen molar-refractivity contribution < 1.29 is 13.6 Å². The Bertz CT molecular complexity index is 136. The molecule has 0 rings (SSSR count). The van der Waals surface area contributed by atoms with Crippen LogP contribution in [-0.2, 0) is 13.6 Å². The van der Waals surface area contributed by atoms with Crippen LogP contribution in [0.3, 0.4) is 0 Å². The highest BCUT2D eigenvalue weighted by atomic mass is 31.2. The van der Waals surface area contributed by atoms with Gasteiger partial charge < -0.3 is 9.05 Å². The van der Waals surface area contributed by atoms with Crippen molar-refractivity contribution in [1.82, 2.24) is 0 Å². The maximum Gasteiger partial charge on any atom is 0.330 e. The Kier molecular flexibility index (Phi) is 4.62. The Balaban J connectivity index is 3.81. The molecule has 0 bridgehead atoms. The summed E-state index contributed by atoms with van der Waals surface area (Å²) in [4.78, 5) is 0. The number of allylic oxidation sites excluding steroid dienone is 1. The molecule has 0 aliphatic carbocycles. The van der Waals surface area contributed by atoms with E-state index in [2.05, 4.69) is 15.6 Å². The third kappa shape index (κ3) is 3.16. The lowest BCUT2D eigenvalue weighted by Gasteiger charge is -2.11. The molecule has 0 aromatic rings. The van der Waals surface area contributed by atoms with Gasteiger partial charge in [-0.25, -0.2) is 0 Å². The Hall–Kier alpha value is -0.110. The molecule has 0 aliphatic rings. The fourth-order valence-corrected chi connectivity index (χ4v) is 1.52. The smallest absolute Gasteiger partial charge is 0.312 e. The molecule has 0 spiro atoms. The lowest BCUT2D eigenvalue weighted by Crippen LogP contribution is -1.92. The van der Waals surface area contributed by atoms with Crippen molar-refractivity contribution in [2.45, 2.75) is 6.42 Å². The maximum atomic E-state index is 11.2. The molecule has 0 heterocycles. The molecule has 0 aromatic heterocycles. The van der Waals surface area contributed by atoms with Crippen molar-refractivity contribution in [3.05, 3.63) is 12.7 Å². The lowest BCUT2D eigenvalue weighted by molar-refractivity contribution is 0.276. The molecule has 0 aromatic carbocycles. The summed E-state index contributed by atoms with van der Waals surface area (Å²) in [5.74, 6) is 0. The zero-order valence-corrected chi connectivity index (χ0v) is 7.27. The molecule has 0 saturated heterocycles. The van der Waals surface area contributed by atoms with Crippen LogP contribution in [0.25, 0.3) is 0 Å². The fourth-order valence-electron chi connectivity index (χ4n) is 0.507. The van der Waals surface area contributed by atoms with E-state index < -0.39 is 7.60 Å². The van der Waals surface area contributed by atoms with E-state index in [0.717, 1.165) is 0 Å². The summed E-state index contributed by atoms with van der Waals surface area (Å²) in [6.07, 6.45) is 2.74. The summed E-state index contributed by atoms with van der Waals surface area (Å²) < 4.78 is 20.6. The Morgan fingerprint density at radius 3 is 2.30 bits per heavy atom. The number of hydrogen-bond acceptors (Lipinski definition) is 3. The van der Waals surface area contributed by atoms with E-state index in [1.165, 1.54) is 14.2 Å². The van der Waals surface area contributed by atoms with Crippen LogP contribution >= 0.6 is 7.60 Å². The first-order valence-electron chi connectivity index (χ1n) is 3.00. The molecule has 0 radical (unpaired) electrons. The van der Waals surface area contributed by atoms with E-state index in [0.29, 0.717) is 12.6 Å². The van der Waals surface area contributed by atoms with Gasteiger partial charge in [-0.15, -0.1) is 6.58 Å². The van der Waals surface area contributed by atoms with Crippen LogP contribution in [0.1, 0.15) is 6.42 Å². The van der Waals surface area contributed by atoms with E-state index in [1.54, 1.807) is 6.08 Å². The van der Waals surface area contributed by atoms with Gasteiger partial charge in [0.1, 0.15) is 0 Å². The first kappa shape index (κ1) is 9.89. The van der Waals surface area contributed by atoms with E-state index in [-0.39, 0.29) is 0 Å².